The fourth-order valence-corrected chi connectivity index (χ4v) is 2.81. The van der Waals surface area contributed by atoms with Gasteiger partial charge in [0.2, 0.25) is 0 Å². The van der Waals surface area contributed by atoms with Gasteiger partial charge in [0.1, 0.15) is 11.5 Å². The Balaban J connectivity index is 2.14. The van der Waals surface area contributed by atoms with E-state index in [0.29, 0.717) is 11.1 Å². The minimum atomic E-state index is -0.961. The second-order valence-electron chi connectivity index (χ2n) is 5.49. The van der Waals surface area contributed by atoms with E-state index in [1.807, 2.05) is 66.7 Å². The quantitative estimate of drug-likeness (QED) is 0.732. The number of carboxylic acid groups (broad SMARTS) is 1. The number of benzene rings is 3. The van der Waals surface area contributed by atoms with Crippen LogP contribution in [0.1, 0.15) is 10.4 Å². The Morgan fingerprint density at radius 2 is 1.12 bits per heavy atom. The Morgan fingerprint density at radius 3 is 1.44 bits per heavy atom. The lowest BCUT2D eigenvalue weighted by Gasteiger charge is -2.13. The van der Waals surface area contributed by atoms with Crippen LogP contribution < -0.4 is 9.47 Å². The first-order chi connectivity index (χ1) is 12.1. The summed E-state index contributed by atoms with van der Waals surface area (Å²) >= 11 is 0. The highest BCUT2D eigenvalue weighted by molar-refractivity contribution is 6.03. The molecule has 25 heavy (non-hydrogen) atoms. The van der Waals surface area contributed by atoms with Crippen molar-refractivity contribution >= 4 is 5.97 Å². The average molecular weight is 334 g/mol. The van der Waals surface area contributed by atoms with Crippen LogP contribution in [0.4, 0.5) is 0 Å². The van der Waals surface area contributed by atoms with Crippen molar-refractivity contribution in [3.8, 4) is 33.8 Å². The Kier molecular flexibility index (Phi) is 4.70. The summed E-state index contributed by atoms with van der Waals surface area (Å²) in [5, 5.41) is 9.82. The topological polar surface area (TPSA) is 55.8 Å². The SMILES string of the molecule is COc1ccc(-c2cccc(-c3ccc(OC)cc3)c2C(=O)O)cc1. The number of carboxylic acids is 1. The van der Waals surface area contributed by atoms with Crippen LogP contribution in [-0.2, 0) is 0 Å². The predicted molar refractivity (Wildman–Crippen MR) is 97.4 cm³/mol. The van der Waals surface area contributed by atoms with Crippen LogP contribution in [-0.4, -0.2) is 25.3 Å². The summed E-state index contributed by atoms with van der Waals surface area (Å²) in [5.41, 5.74) is 3.27. The first-order valence-corrected chi connectivity index (χ1v) is 7.79. The number of hydrogen-bond donors (Lipinski definition) is 1. The van der Waals surface area contributed by atoms with Gasteiger partial charge in [0, 0.05) is 0 Å². The molecule has 0 saturated heterocycles. The molecule has 0 bridgehead atoms. The van der Waals surface area contributed by atoms with Gasteiger partial charge in [0.05, 0.1) is 19.8 Å². The molecule has 0 saturated carbocycles. The first-order valence-electron chi connectivity index (χ1n) is 7.79. The van der Waals surface area contributed by atoms with E-state index in [4.69, 9.17) is 9.47 Å². The summed E-state index contributed by atoms with van der Waals surface area (Å²) in [6, 6.07) is 20.2. The zero-order chi connectivity index (χ0) is 17.8. The molecule has 0 atom stereocenters. The number of methoxy groups -OCH3 is 2. The molecule has 0 radical (unpaired) electrons. The molecule has 0 aliphatic carbocycles. The fraction of sp³-hybridized carbons (Fsp3) is 0.0952. The highest BCUT2D eigenvalue weighted by Gasteiger charge is 2.18. The molecule has 4 nitrogen and oxygen atoms in total. The Hall–Kier alpha value is -3.27. The van der Waals surface area contributed by atoms with E-state index >= 15 is 0 Å². The molecule has 0 unspecified atom stereocenters. The lowest BCUT2D eigenvalue weighted by Crippen LogP contribution is -2.03. The van der Waals surface area contributed by atoms with Crippen molar-refractivity contribution in [1.29, 1.82) is 0 Å². The maximum atomic E-state index is 12.0. The predicted octanol–water partition coefficient (Wildman–Crippen LogP) is 4.74. The van der Waals surface area contributed by atoms with Gasteiger partial charge in [-0.3, -0.25) is 0 Å². The van der Waals surface area contributed by atoms with Crippen molar-refractivity contribution in [2.24, 2.45) is 0 Å². The van der Waals surface area contributed by atoms with Crippen LogP contribution in [0, 0.1) is 0 Å². The molecule has 0 fully saturated rings. The van der Waals surface area contributed by atoms with E-state index in [1.54, 1.807) is 14.2 Å². The van der Waals surface area contributed by atoms with E-state index in [2.05, 4.69) is 0 Å². The molecule has 126 valence electrons. The summed E-state index contributed by atoms with van der Waals surface area (Å²) in [6.07, 6.45) is 0. The van der Waals surface area contributed by atoms with Crippen LogP contribution in [0.25, 0.3) is 22.3 Å². The van der Waals surface area contributed by atoms with E-state index in [0.717, 1.165) is 22.6 Å². The first kappa shape index (κ1) is 16.6. The summed E-state index contributed by atoms with van der Waals surface area (Å²) in [7, 11) is 3.20. The highest BCUT2D eigenvalue weighted by Crippen LogP contribution is 2.33. The normalized spacial score (nSPS) is 10.3. The fourth-order valence-electron chi connectivity index (χ4n) is 2.81. The average Bonchev–Trinajstić information content (AvgIpc) is 2.67. The zero-order valence-electron chi connectivity index (χ0n) is 14.0. The smallest absolute Gasteiger partial charge is 0.336 e. The second-order valence-corrected chi connectivity index (χ2v) is 5.49. The van der Waals surface area contributed by atoms with E-state index in [9.17, 15) is 9.90 Å². The number of carbonyl (C=O) groups is 1. The molecule has 0 aromatic heterocycles. The molecule has 3 aromatic rings. The minimum Gasteiger partial charge on any atom is -0.497 e. The Morgan fingerprint density at radius 1 is 0.720 bits per heavy atom. The molecule has 0 spiro atoms. The monoisotopic (exact) mass is 334 g/mol. The molecule has 3 rings (SSSR count). The number of aromatic carboxylic acids is 1. The lowest BCUT2D eigenvalue weighted by atomic mass is 9.92. The van der Waals surface area contributed by atoms with E-state index in [-0.39, 0.29) is 5.56 Å². The summed E-state index contributed by atoms with van der Waals surface area (Å²) in [6.45, 7) is 0. The van der Waals surface area contributed by atoms with Crippen molar-refractivity contribution in [3.63, 3.8) is 0 Å². The van der Waals surface area contributed by atoms with Gasteiger partial charge >= 0.3 is 5.97 Å². The Labute approximate surface area is 146 Å². The van der Waals surface area contributed by atoms with Crippen LogP contribution in [0.2, 0.25) is 0 Å². The molecule has 0 amide bonds. The molecule has 3 aromatic carbocycles. The molecular weight excluding hydrogens is 316 g/mol. The molecular formula is C21H18O4. The number of rotatable bonds is 5. The van der Waals surface area contributed by atoms with Gasteiger partial charge in [-0.05, 0) is 46.5 Å². The summed E-state index contributed by atoms with van der Waals surface area (Å²) in [4.78, 5) is 12.0. The third-order valence-electron chi connectivity index (χ3n) is 4.08. The van der Waals surface area contributed by atoms with Crippen molar-refractivity contribution in [2.75, 3.05) is 14.2 Å². The van der Waals surface area contributed by atoms with E-state index in [1.165, 1.54) is 0 Å². The Bertz CT molecular complexity index is 815. The second kappa shape index (κ2) is 7.09. The van der Waals surface area contributed by atoms with Crippen LogP contribution in [0.15, 0.2) is 66.7 Å². The largest absolute Gasteiger partial charge is 0.497 e. The summed E-state index contributed by atoms with van der Waals surface area (Å²) < 4.78 is 10.3. The van der Waals surface area contributed by atoms with Gasteiger partial charge in [0.15, 0.2) is 0 Å². The van der Waals surface area contributed by atoms with Crippen LogP contribution >= 0.6 is 0 Å². The molecule has 1 N–H and O–H groups in total. The number of ether oxygens (including phenoxy) is 2. The minimum absolute atomic E-state index is 0.276. The molecule has 0 aliphatic heterocycles. The van der Waals surface area contributed by atoms with Gasteiger partial charge in [-0.2, -0.15) is 0 Å². The van der Waals surface area contributed by atoms with Crippen molar-refractivity contribution < 1.29 is 19.4 Å². The van der Waals surface area contributed by atoms with Crippen LogP contribution in [0.3, 0.4) is 0 Å². The standard InChI is InChI=1S/C21H18O4/c1-24-16-10-6-14(7-11-16)18-4-3-5-19(20(18)21(22)23)15-8-12-17(25-2)13-9-15/h3-13H,1-2H3,(H,22,23). The van der Waals surface area contributed by atoms with E-state index < -0.39 is 5.97 Å². The molecule has 0 heterocycles. The van der Waals surface area contributed by atoms with Crippen molar-refractivity contribution in [2.45, 2.75) is 0 Å². The van der Waals surface area contributed by atoms with Crippen LogP contribution in [0.5, 0.6) is 11.5 Å². The molecule has 0 aliphatic rings. The van der Waals surface area contributed by atoms with Crippen molar-refractivity contribution in [3.05, 3.63) is 72.3 Å². The van der Waals surface area contributed by atoms with Gasteiger partial charge in [-0.25, -0.2) is 4.79 Å². The van der Waals surface area contributed by atoms with Gasteiger partial charge in [0.25, 0.3) is 0 Å². The van der Waals surface area contributed by atoms with Crippen molar-refractivity contribution in [1.82, 2.24) is 0 Å². The third kappa shape index (κ3) is 3.33. The zero-order valence-corrected chi connectivity index (χ0v) is 14.0. The van der Waals surface area contributed by atoms with Gasteiger partial charge in [-0.1, -0.05) is 42.5 Å². The van der Waals surface area contributed by atoms with Gasteiger partial charge < -0.3 is 14.6 Å². The molecule has 4 heteroatoms. The maximum Gasteiger partial charge on any atom is 0.336 e. The van der Waals surface area contributed by atoms with Gasteiger partial charge in [-0.15, -0.1) is 0 Å². The lowest BCUT2D eigenvalue weighted by molar-refractivity contribution is 0.0698. The third-order valence-corrected chi connectivity index (χ3v) is 4.08. The summed E-state index contributed by atoms with van der Waals surface area (Å²) in [5.74, 6) is 0.496. The highest BCUT2D eigenvalue weighted by atomic mass is 16.5. The maximum absolute atomic E-state index is 12.0. The number of hydrogen-bond acceptors (Lipinski definition) is 3.